The van der Waals surface area contributed by atoms with Gasteiger partial charge in [0.25, 0.3) is 0 Å². The van der Waals surface area contributed by atoms with Crippen LogP contribution in [0.15, 0.2) is 36.5 Å². The highest BCUT2D eigenvalue weighted by molar-refractivity contribution is 5.76. The first-order valence-electron chi connectivity index (χ1n) is 8.12. The van der Waals surface area contributed by atoms with E-state index in [9.17, 15) is 23.1 Å². The molecule has 0 saturated heterocycles. The number of esters is 1. The highest BCUT2D eigenvalue weighted by Gasteiger charge is 2.38. The van der Waals surface area contributed by atoms with Crippen molar-refractivity contribution in [2.75, 3.05) is 7.11 Å². The number of aliphatic hydroxyl groups is 1. The van der Waals surface area contributed by atoms with Crippen LogP contribution in [0.1, 0.15) is 25.1 Å². The second kappa shape index (κ2) is 7.99. The van der Waals surface area contributed by atoms with Gasteiger partial charge in [0.2, 0.25) is 0 Å². The van der Waals surface area contributed by atoms with E-state index in [1.165, 1.54) is 19.4 Å². The molecule has 1 heterocycles. The quantitative estimate of drug-likeness (QED) is 0.741. The molecule has 1 N–H and O–H groups in total. The largest absolute Gasteiger partial charge is 0.487 e. The Balaban J connectivity index is 2.23. The van der Waals surface area contributed by atoms with Crippen LogP contribution in [-0.4, -0.2) is 40.2 Å². The third kappa shape index (κ3) is 5.00. The van der Waals surface area contributed by atoms with E-state index >= 15 is 0 Å². The van der Waals surface area contributed by atoms with E-state index in [-0.39, 0.29) is 12.3 Å². The van der Waals surface area contributed by atoms with E-state index < -0.39 is 30.2 Å². The van der Waals surface area contributed by atoms with Crippen LogP contribution in [0.4, 0.5) is 13.2 Å². The van der Waals surface area contributed by atoms with Gasteiger partial charge in [-0.1, -0.05) is 32.0 Å². The van der Waals surface area contributed by atoms with E-state index in [4.69, 9.17) is 4.74 Å². The molecule has 2 aromatic rings. The van der Waals surface area contributed by atoms with Crippen LogP contribution >= 0.6 is 0 Å². The number of hydrogen-bond acceptors (Lipinski definition) is 5. The molecule has 1 unspecified atom stereocenters. The van der Waals surface area contributed by atoms with Crippen molar-refractivity contribution in [3.8, 4) is 5.75 Å². The molecule has 0 amide bonds. The van der Waals surface area contributed by atoms with Gasteiger partial charge < -0.3 is 14.6 Å². The van der Waals surface area contributed by atoms with Gasteiger partial charge in [0, 0.05) is 17.2 Å². The van der Waals surface area contributed by atoms with Gasteiger partial charge in [0.05, 0.1) is 12.8 Å². The van der Waals surface area contributed by atoms with Gasteiger partial charge in [-0.25, -0.2) is 4.79 Å². The molecule has 0 aliphatic carbocycles. The molecule has 2 rings (SSSR count). The first-order chi connectivity index (χ1) is 12.6. The zero-order valence-electron chi connectivity index (χ0n) is 15.2. The van der Waals surface area contributed by atoms with Gasteiger partial charge in [-0.2, -0.15) is 18.3 Å². The van der Waals surface area contributed by atoms with Crippen LogP contribution in [0.2, 0.25) is 0 Å². The first-order valence-corrected chi connectivity index (χ1v) is 8.12. The van der Waals surface area contributed by atoms with Gasteiger partial charge in [-0.3, -0.25) is 4.68 Å². The van der Waals surface area contributed by atoms with Crippen molar-refractivity contribution in [2.45, 2.75) is 44.7 Å². The molecule has 0 fully saturated rings. The minimum atomic E-state index is -4.40. The van der Waals surface area contributed by atoms with Crippen LogP contribution in [0, 0.1) is 0 Å². The highest BCUT2D eigenvalue weighted by Crippen LogP contribution is 2.35. The van der Waals surface area contributed by atoms with Crippen molar-refractivity contribution in [2.24, 2.45) is 0 Å². The number of para-hydroxylation sites is 1. The topological polar surface area (TPSA) is 73.6 Å². The lowest BCUT2D eigenvalue weighted by Gasteiger charge is -2.30. The van der Waals surface area contributed by atoms with Crippen molar-refractivity contribution in [3.05, 3.63) is 47.8 Å². The number of carbonyl (C=O) groups is 1. The zero-order chi connectivity index (χ0) is 20.2. The molecule has 148 valence electrons. The normalized spacial score (nSPS) is 13.3. The van der Waals surface area contributed by atoms with Gasteiger partial charge in [-0.05, 0) is 12.1 Å². The number of methoxy groups -OCH3 is 1. The average Bonchev–Trinajstić information content (AvgIpc) is 3.03. The number of benzene rings is 1. The third-order valence-electron chi connectivity index (χ3n) is 4.20. The maximum atomic E-state index is 12.6. The lowest BCUT2D eigenvalue weighted by molar-refractivity contribution is -0.153. The molecule has 0 aliphatic rings. The summed E-state index contributed by atoms with van der Waals surface area (Å²) in [5.74, 6) is -0.455. The standard InChI is InChI=1S/C18H21F3N2O4/c1-17(2,15(24)16(25)26-3)13-6-4-5-7-14(13)27-10-12-8-9-22-23(12)11-18(19,20)21/h4-9,15,24H,10-11H2,1-3H3. The first kappa shape index (κ1) is 20.8. The van der Waals surface area contributed by atoms with Crippen molar-refractivity contribution in [3.63, 3.8) is 0 Å². The van der Waals surface area contributed by atoms with Crippen molar-refractivity contribution >= 4 is 5.97 Å². The molecular weight excluding hydrogens is 365 g/mol. The van der Waals surface area contributed by atoms with Gasteiger partial charge >= 0.3 is 12.1 Å². The minimum absolute atomic E-state index is 0.155. The van der Waals surface area contributed by atoms with Crippen LogP contribution in [0.3, 0.4) is 0 Å². The highest BCUT2D eigenvalue weighted by atomic mass is 19.4. The van der Waals surface area contributed by atoms with Gasteiger partial charge in [0.15, 0.2) is 6.10 Å². The number of aliphatic hydroxyl groups excluding tert-OH is 1. The Kier molecular flexibility index (Phi) is 6.15. The summed E-state index contributed by atoms with van der Waals surface area (Å²) in [4.78, 5) is 11.7. The molecule has 0 saturated carbocycles. The predicted octanol–water partition coefficient (Wildman–Crippen LogP) is 2.84. The number of nitrogens with zero attached hydrogens (tertiary/aromatic N) is 2. The summed E-state index contributed by atoms with van der Waals surface area (Å²) in [6.07, 6.45) is -4.57. The van der Waals surface area contributed by atoms with Crippen molar-refractivity contribution < 1.29 is 32.5 Å². The summed E-state index contributed by atoms with van der Waals surface area (Å²) in [6.45, 7) is 1.92. The molecule has 0 aliphatic heterocycles. The lowest BCUT2D eigenvalue weighted by atomic mass is 9.79. The van der Waals surface area contributed by atoms with E-state index in [1.807, 2.05) is 0 Å². The van der Waals surface area contributed by atoms with E-state index in [0.717, 1.165) is 4.68 Å². The van der Waals surface area contributed by atoms with Crippen molar-refractivity contribution in [1.82, 2.24) is 9.78 Å². The fourth-order valence-corrected chi connectivity index (χ4v) is 2.62. The Morgan fingerprint density at radius 2 is 1.93 bits per heavy atom. The Bertz CT molecular complexity index is 787. The Morgan fingerprint density at radius 3 is 2.56 bits per heavy atom. The van der Waals surface area contributed by atoms with E-state index in [0.29, 0.717) is 11.3 Å². The molecule has 1 atom stereocenters. The number of halogens is 3. The summed E-state index contributed by atoms with van der Waals surface area (Å²) in [6, 6.07) is 8.12. The molecule has 1 aromatic heterocycles. The van der Waals surface area contributed by atoms with E-state index in [1.54, 1.807) is 38.1 Å². The van der Waals surface area contributed by atoms with Gasteiger partial charge in [0.1, 0.15) is 18.9 Å². The Morgan fingerprint density at radius 1 is 1.26 bits per heavy atom. The molecule has 1 aromatic carbocycles. The summed E-state index contributed by atoms with van der Waals surface area (Å²) in [7, 11) is 1.17. The maximum absolute atomic E-state index is 12.6. The number of rotatable bonds is 7. The summed E-state index contributed by atoms with van der Waals surface area (Å²) in [5.41, 5.74) is -0.283. The Hall–Kier alpha value is -2.55. The lowest BCUT2D eigenvalue weighted by Crippen LogP contribution is -2.40. The van der Waals surface area contributed by atoms with E-state index in [2.05, 4.69) is 9.84 Å². The monoisotopic (exact) mass is 386 g/mol. The second-order valence-corrected chi connectivity index (χ2v) is 6.53. The fraction of sp³-hybridized carbons (Fsp3) is 0.444. The zero-order valence-corrected chi connectivity index (χ0v) is 15.2. The predicted molar refractivity (Wildman–Crippen MR) is 90.1 cm³/mol. The second-order valence-electron chi connectivity index (χ2n) is 6.53. The molecule has 0 bridgehead atoms. The van der Waals surface area contributed by atoms with Crippen molar-refractivity contribution in [1.29, 1.82) is 0 Å². The van der Waals surface area contributed by atoms with Crippen LogP contribution < -0.4 is 4.74 Å². The van der Waals surface area contributed by atoms with Crippen LogP contribution in [0.5, 0.6) is 5.75 Å². The Labute approximate surface area is 154 Å². The summed E-state index contributed by atoms with van der Waals surface area (Å²) in [5, 5.41) is 13.9. The average molecular weight is 386 g/mol. The summed E-state index contributed by atoms with van der Waals surface area (Å²) < 4.78 is 48.9. The summed E-state index contributed by atoms with van der Waals surface area (Å²) >= 11 is 0. The molecule has 6 nitrogen and oxygen atoms in total. The fourth-order valence-electron chi connectivity index (χ4n) is 2.62. The van der Waals surface area contributed by atoms with Gasteiger partial charge in [-0.15, -0.1) is 0 Å². The van der Waals surface area contributed by atoms with Crippen LogP contribution in [-0.2, 0) is 28.1 Å². The molecule has 27 heavy (non-hydrogen) atoms. The molecular formula is C18H21F3N2O4. The number of carbonyl (C=O) groups excluding carboxylic acids is 1. The number of aromatic nitrogens is 2. The number of alkyl halides is 3. The number of hydrogen-bond donors (Lipinski definition) is 1. The maximum Gasteiger partial charge on any atom is 0.408 e. The number of ether oxygens (including phenoxy) is 2. The molecule has 0 spiro atoms. The smallest absolute Gasteiger partial charge is 0.408 e. The third-order valence-corrected chi connectivity index (χ3v) is 4.20. The minimum Gasteiger partial charge on any atom is -0.487 e. The molecule has 9 heteroatoms. The van der Waals surface area contributed by atoms with Crippen LogP contribution in [0.25, 0.3) is 0 Å². The SMILES string of the molecule is COC(=O)C(O)C(C)(C)c1ccccc1OCc1ccnn1CC(F)(F)F. The molecule has 0 radical (unpaired) electrons.